The minimum absolute atomic E-state index is 0. The van der Waals surface area contributed by atoms with E-state index in [1.165, 1.54) is 6.42 Å². The normalized spacial score (nSPS) is 6.00. The van der Waals surface area contributed by atoms with Gasteiger partial charge in [0, 0.05) is 40.8 Å². The summed E-state index contributed by atoms with van der Waals surface area (Å²) in [5, 5.41) is 3.50. The molecule has 8 heavy (non-hydrogen) atoms. The molecule has 0 N–H and O–H groups in total. The monoisotopic (exact) mass is 243 g/mol. The van der Waals surface area contributed by atoms with Gasteiger partial charge in [-0.05, 0) is 0 Å². The minimum Gasteiger partial charge on any atom is -0.668 e. The maximum atomic E-state index is 3.60. The molecule has 0 aromatic heterocycles. The van der Waals surface area contributed by atoms with Crippen LogP contribution in [0.3, 0.4) is 0 Å². The van der Waals surface area contributed by atoms with Gasteiger partial charge in [0.15, 0.2) is 0 Å². The van der Waals surface area contributed by atoms with Gasteiger partial charge in [0.05, 0.1) is 0 Å². The maximum absolute atomic E-state index is 3.60. The van der Waals surface area contributed by atoms with Crippen molar-refractivity contribution in [3.63, 3.8) is 0 Å². The SMILES string of the molecule is C[N-]C.[CH2-]CCC.[Nd]. The second kappa shape index (κ2) is 23.9. The summed E-state index contributed by atoms with van der Waals surface area (Å²) in [4.78, 5) is 0. The summed E-state index contributed by atoms with van der Waals surface area (Å²) in [6.45, 7) is 5.72. The van der Waals surface area contributed by atoms with Gasteiger partial charge in [-0.3, -0.25) is 0 Å². The summed E-state index contributed by atoms with van der Waals surface area (Å²) in [6, 6.07) is 0. The molecule has 0 atom stereocenters. The first-order valence-electron chi connectivity index (χ1n) is 2.60. The molecule has 1 nitrogen and oxygen atoms in total. The van der Waals surface area contributed by atoms with E-state index in [0.717, 1.165) is 6.42 Å². The third kappa shape index (κ3) is 54.5. The predicted molar refractivity (Wildman–Crippen MR) is 35.5 cm³/mol. The second-order valence-corrected chi connectivity index (χ2v) is 1.30. The van der Waals surface area contributed by atoms with Crippen molar-refractivity contribution in [1.29, 1.82) is 0 Å². The first-order chi connectivity index (χ1) is 3.33. The van der Waals surface area contributed by atoms with E-state index in [9.17, 15) is 0 Å². The van der Waals surface area contributed by atoms with E-state index in [1.54, 1.807) is 14.1 Å². The van der Waals surface area contributed by atoms with Crippen molar-refractivity contribution in [2.45, 2.75) is 19.8 Å². The summed E-state index contributed by atoms with van der Waals surface area (Å²) in [5.74, 6) is 0. The fourth-order valence-electron chi connectivity index (χ4n) is 0. The molecular formula is C6H15NNd-2. The Kier molecular flexibility index (Phi) is 48.2. The molecule has 0 aromatic rings. The molecule has 2 heteroatoms. The van der Waals surface area contributed by atoms with Gasteiger partial charge in [0.2, 0.25) is 0 Å². The van der Waals surface area contributed by atoms with Crippen molar-refractivity contribution in [3.8, 4) is 0 Å². The molecule has 0 amide bonds. The summed E-state index contributed by atoms with van der Waals surface area (Å²) in [7, 11) is 3.50. The van der Waals surface area contributed by atoms with Crippen LogP contribution in [-0.4, -0.2) is 14.1 Å². The van der Waals surface area contributed by atoms with Gasteiger partial charge in [-0.2, -0.15) is 20.5 Å². The third-order valence-corrected chi connectivity index (χ3v) is 0.354. The van der Waals surface area contributed by atoms with Crippen LogP contribution in [0.5, 0.6) is 0 Å². The Morgan fingerprint density at radius 3 is 1.50 bits per heavy atom. The first kappa shape index (κ1) is 16.1. The molecule has 0 rings (SSSR count). The summed E-state index contributed by atoms with van der Waals surface area (Å²) < 4.78 is 0. The van der Waals surface area contributed by atoms with Crippen LogP contribution in [-0.2, 0) is 0 Å². The number of hydrogen-bond acceptors (Lipinski definition) is 0. The van der Waals surface area contributed by atoms with Crippen molar-refractivity contribution in [2.75, 3.05) is 14.1 Å². The number of unbranched alkanes of at least 4 members (excludes halogenated alkanes) is 1. The Morgan fingerprint density at radius 2 is 1.50 bits per heavy atom. The van der Waals surface area contributed by atoms with Gasteiger partial charge < -0.3 is 12.2 Å². The Labute approximate surface area is 86.1 Å². The molecule has 0 radical (unpaired) electrons. The predicted octanol–water partition coefficient (Wildman–Crippen LogP) is 2.24. The van der Waals surface area contributed by atoms with Crippen molar-refractivity contribution in [1.82, 2.24) is 0 Å². The zero-order valence-corrected chi connectivity index (χ0v) is 9.28. The topological polar surface area (TPSA) is 14.1 Å². The Balaban J connectivity index is -0.0000000575. The van der Waals surface area contributed by atoms with Crippen LogP contribution in [0.1, 0.15) is 19.8 Å². The number of rotatable bonds is 1. The fraction of sp³-hybridized carbons (Fsp3) is 0.833. The molecule has 0 saturated heterocycles. The minimum atomic E-state index is 0. The van der Waals surface area contributed by atoms with Gasteiger partial charge in [-0.15, -0.1) is 0 Å². The molecule has 0 aliphatic carbocycles. The molecule has 0 fully saturated rings. The van der Waals surface area contributed by atoms with E-state index >= 15 is 0 Å². The van der Waals surface area contributed by atoms with E-state index in [1.807, 2.05) is 0 Å². The Morgan fingerprint density at radius 1 is 1.38 bits per heavy atom. The van der Waals surface area contributed by atoms with Gasteiger partial charge in [0.25, 0.3) is 0 Å². The van der Waals surface area contributed by atoms with Crippen molar-refractivity contribution in [3.05, 3.63) is 12.2 Å². The molecule has 0 aliphatic rings. The van der Waals surface area contributed by atoms with E-state index in [0.29, 0.717) is 0 Å². The second-order valence-electron chi connectivity index (χ2n) is 1.30. The quantitative estimate of drug-likeness (QED) is 0.629. The van der Waals surface area contributed by atoms with Crippen LogP contribution in [0.15, 0.2) is 0 Å². The van der Waals surface area contributed by atoms with Crippen LogP contribution in [0, 0.1) is 47.8 Å². The standard InChI is InChI=1S/C4H9.C2H6N.Nd/c1-3-4-2;1-3-2;/h1,3-4H2,2H3;1-2H3;/q2*-1;. The number of nitrogens with zero attached hydrogens (tertiary/aromatic N) is 1. The molecule has 0 aliphatic heterocycles. The van der Waals surface area contributed by atoms with E-state index in [2.05, 4.69) is 19.2 Å². The molecule has 0 spiro atoms. The molecule has 0 saturated carbocycles. The number of hydrogen-bond donors (Lipinski definition) is 0. The Bertz CT molecular complexity index is 16.0. The average Bonchev–Trinajstić information content (AvgIpc) is 1.69. The van der Waals surface area contributed by atoms with Crippen LogP contribution in [0.25, 0.3) is 5.32 Å². The van der Waals surface area contributed by atoms with Crippen LogP contribution < -0.4 is 0 Å². The molecule has 0 aromatic carbocycles. The molecule has 50 valence electrons. The van der Waals surface area contributed by atoms with Gasteiger partial charge in [-0.1, -0.05) is 13.3 Å². The van der Waals surface area contributed by atoms with Gasteiger partial charge in [0.1, 0.15) is 0 Å². The van der Waals surface area contributed by atoms with Gasteiger partial charge in [-0.25, -0.2) is 0 Å². The maximum Gasteiger partial charge on any atom is 0 e. The summed E-state index contributed by atoms with van der Waals surface area (Å²) in [6.07, 6.45) is 2.28. The Hall–Kier alpha value is 1.31. The van der Waals surface area contributed by atoms with Crippen molar-refractivity contribution >= 4 is 0 Å². The van der Waals surface area contributed by atoms with Gasteiger partial charge >= 0.3 is 0 Å². The van der Waals surface area contributed by atoms with E-state index in [4.69, 9.17) is 0 Å². The van der Waals surface area contributed by atoms with Crippen molar-refractivity contribution < 1.29 is 40.8 Å². The smallest absolute Gasteiger partial charge is 0 e. The first-order valence-corrected chi connectivity index (χ1v) is 2.60. The average molecular weight is 245 g/mol. The van der Waals surface area contributed by atoms with Crippen LogP contribution in [0.2, 0.25) is 0 Å². The summed E-state index contributed by atoms with van der Waals surface area (Å²) >= 11 is 0. The summed E-state index contributed by atoms with van der Waals surface area (Å²) in [5.41, 5.74) is 0. The van der Waals surface area contributed by atoms with E-state index in [-0.39, 0.29) is 40.8 Å². The molecular weight excluding hydrogens is 230 g/mol. The largest absolute Gasteiger partial charge is 0.668 e. The van der Waals surface area contributed by atoms with Crippen LogP contribution >= 0.6 is 0 Å². The third-order valence-electron chi connectivity index (χ3n) is 0.354. The molecule has 0 bridgehead atoms. The zero-order valence-electron chi connectivity index (χ0n) is 6.07. The van der Waals surface area contributed by atoms with Crippen LogP contribution in [0.4, 0.5) is 0 Å². The zero-order chi connectivity index (χ0) is 6.12. The molecule has 0 unspecified atom stereocenters. The molecule has 0 heterocycles. The van der Waals surface area contributed by atoms with Crippen molar-refractivity contribution in [2.24, 2.45) is 0 Å². The van der Waals surface area contributed by atoms with E-state index < -0.39 is 0 Å². The fourth-order valence-corrected chi connectivity index (χ4v) is 0.